The molecule has 0 bridgehead atoms. The summed E-state index contributed by atoms with van der Waals surface area (Å²) in [4.78, 5) is 11.4. The van der Waals surface area contributed by atoms with E-state index >= 15 is 0 Å². The number of nitrogens with zero attached hydrogens (tertiary/aromatic N) is 3. The van der Waals surface area contributed by atoms with Crippen molar-refractivity contribution in [3.63, 3.8) is 0 Å². The Bertz CT molecular complexity index is 280. The minimum absolute atomic E-state index is 0.411. The van der Waals surface area contributed by atoms with Crippen LogP contribution in [0, 0.1) is 5.41 Å². The number of rotatable bonds is 2. The van der Waals surface area contributed by atoms with Crippen LogP contribution < -0.4 is 5.73 Å². The molecule has 1 aromatic heterocycles. The molecule has 0 atom stereocenters. The van der Waals surface area contributed by atoms with Crippen molar-refractivity contribution in [3.8, 4) is 0 Å². The molecule has 0 amide bonds. The van der Waals surface area contributed by atoms with Gasteiger partial charge in [0.15, 0.2) is 5.82 Å². The highest BCUT2D eigenvalue weighted by Crippen LogP contribution is 2.02. The topological polar surface area (TPSA) is 88.0 Å². The Morgan fingerprint density at radius 2 is 2.36 bits per heavy atom. The van der Waals surface area contributed by atoms with Crippen LogP contribution in [-0.2, 0) is 0 Å². The normalized spacial score (nSPS) is 10.2. The van der Waals surface area contributed by atoms with Gasteiger partial charge >= 0.3 is 0 Å². The van der Waals surface area contributed by atoms with E-state index in [1.54, 1.807) is 0 Å². The van der Waals surface area contributed by atoms with E-state index in [0.717, 1.165) is 12.6 Å². The second kappa shape index (κ2) is 3.40. The van der Waals surface area contributed by atoms with E-state index < -0.39 is 0 Å². The van der Waals surface area contributed by atoms with Crippen LogP contribution in [0.25, 0.3) is 0 Å². The van der Waals surface area contributed by atoms with Gasteiger partial charge in [0.1, 0.15) is 5.69 Å². The molecule has 11 heavy (non-hydrogen) atoms. The largest absolute Gasteiger partial charge is 0.390 e. The van der Waals surface area contributed by atoms with Gasteiger partial charge in [-0.05, 0) is 0 Å². The van der Waals surface area contributed by atoms with Crippen molar-refractivity contribution < 1.29 is 0 Å². The smallest absolute Gasteiger partial charge is 0.172 e. The zero-order valence-electron chi connectivity index (χ0n) is 5.73. The Balaban J connectivity index is 3.00. The number of nitrogens with one attached hydrogen (secondary N) is 1. The molecule has 3 N–H and O–H groups in total. The van der Waals surface area contributed by atoms with Crippen LogP contribution >= 0.6 is 0 Å². The van der Waals surface area contributed by atoms with Gasteiger partial charge in [-0.15, -0.1) is 0 Å². The summed E-state index contributed by atoms with van der Waals surface area (Å²) in [6.45, 7) is 0. The molecule has 1 aromatic rings. The summed E-state index contributed by atoms with van der Waals surface area (Å²) in [6.07, 6.45) is 5.18. The standard InChI is InChI=1S/C6H7N5/c7-1-5-2-9-3-6(11-5)10-4-8/h1-4,7H,(H2,8,10,11). The summed E-state index contributed by atoms with van der Waals surface area (Å²) in [5, 5.41) is 6.86. The first kappa shape index (κ1) is 7.33. The molecule has 0 fully saturated rings. The molecule has 0 spiro atoms. The minimum Gasteiger partial charge on any atom is -0.390 e. The third-order valence-corrected chi connectivity index (χ3v) is 0.995. The van der Waals surface area contributed by atoms with Crippen LogP contribution in [-0.4, -0.2) is 22.5 Å². The van der Waals surface area contributed by atoms with Crippen molar-refractivity contribution in [3.05, 3.63) is 18.1 Å². The molecule has 0 aliphatic carbocycles. The number of hydrogen-bond donors (Lipinski definition) is 2. The van der Waals surface area contributed by atoms with Crippen LogP contribution in [0.5, 0.6) is 0 Å². The van der Waals surface area contributed by atoms with E-state index in [4.69, 9.17) is 11.1 Å². The van der Waals surface area contributed by atoms with Crippen LogP contribution in [0.3, 0.4) is 0 Å². The molecule has 1 heterocycles. The van der Waals surface area contributed by atoms with E-state index in [0.29, 0.717) is 11.5 Å². The van der Waals surface area contributed by atoms with Crippen LogP contribution in [0.15, 0.2) is 17.4 Å². The lowest BCUT2D eigenvalue weighted by Gasteiger charge is -1.91. The fraction of sp³-hybridized carbons (Fsp3) is 0. The molecule has 0 unspecified atom stereocenters. The van der Waals surface area contributed by atoms with Crippen LogP contribution in [0.1, 0.15) is 5.69 Å². The average Bonchev–Trinajstić information content (AvgIpc) is 2.06. The third-order valence-electron chi connectivity index (χ3n) is 0.995. The van der Waals surface area contributed by atoms with Crippen molar-refractivity contribution in [2.75, 3.05) is 0 Å². The maximum atomic E-state index is 6.86. The van der Waals surface area contributed by atoms with E-state index in [1.165, 1.54) is 12.4 Å². The maximum Gasteiger partial charge on any atom is 0.172 e. The summed E-state index contributed by atoms with van der Waals surface area (Å²) >= 11 is 0. The quantitative estimate of drug-likeness (QED) is 0.461. The molecular formula is C6H7N5. The molecule has 0 radical (unpaired) electrons. The van der Waals surface area contributed by atoms with Gasteiger partial charge in [-0.3, -0.25) is 4.98 Å². The molecule has 56 valence electrons. The minimum atomic E-state index is 0.411. The predicted octanol–water partition coefficient (Wildman–Crippen LogP) is 0.0928. The monoisotopic (exact) mass is 149 g/mol. The second-order valence-electron chi connectivity index (χ2n) is 1.72. The Kier molecular flexibility index (Phi) is 2.27. The summed E-state index contributed by atoms with van der Waals surface area (Å²) < 4.78 is 0. The molecule has 5 heteroatoms. The fourth-order valence-corrected chi connectivity index (χ4v) is 0.578. The maximum absolute atomic E-state index is 6.86. The van der Waals surface area contributed by atoms with Gasteiger partial charge in [-0.2, -0.15) is 0 Å². The first-order valence-electron chi connectivity index (χ1n) is 2.93. The van der Waals surface area contributed by atoms with E-state index in [-0.39, 0.29) is 0 Å². The summed E-state index contributed by atoms with van der Waals surface area (Å²) in [6, 6.07) is 0. The number of aromatic nitrogens is 2. The van der Waals surface area contributed by atoms with Gasteiger partial charge in [0.05, 0.1) is 18.7 Å². The van der Waals surface area contributed by atoms with Gasteiger partial charge in [-0.25, -0.2) is 9.98 Å². The van der Waals surface area contributed by atoms with Gasteiger partial charge in [-0.1, -0.05) is 0 Å². The zero-order chi connectivity index (χ0) is 8.10. The highest BCUT2D eigenvalue weighted by atomic mass is 15.0. The van der Waals surface area contributed by atoms with Gasteiger partial charge in [0.25, 0.3) is 0 Å². The number of nitrogens with two attached hydrogens (primary N) is 1. The van der Waals surface area contributed by atoms with E-state index in [2.05, 4.69) is 15.0 Å². The first-order chi connectivity index (χ1) is 5.36. The second-order valence-corrected chi connectivity index (χ2v) is 1.72. The summed E-state index contributed by atoms with van der Waals surface area (Å²) in [5.41, 5.74) is 5.50. The van der Waals surface area contributed by atoms with Gasteiger partial charge < -0.3 is 11.1 Å². The summed E-state index contributed by atoms with van der Waals surface area (Å²) in [7, 11) is 0. The molecule has 0 saturated heterocycles. The Hall–Kier alpha value is -1.78. The van der Waals surface area contributed by atoms with Crippen molar-refractivity contribution >= 4 is 18.4 Å². The molecule has 0 aliphatic heterocycles. The van der Waals surface area contributed by atoms with E-state index in [1.807, 2.05) is 0 Å². The number of hydrogen-bond acceptors (Lipinski definition) is 4. The molecular weight excluding hydrogens is 142 g/mol. The highest BCUT2D eigenvalue weighted by molar-refractivity contribution is 5.74. The lowest BCUT2D eigenvalue weighted by atomic mass is 10.5. The Morgan fingerprint density at radius 3 is 3.00 bits per heavy atom. The first-order valence-corrected chi connectivity index (χ1v) is 2.93. The fourth-order valence-electron chi connectivity index (χ4n) is 0.578. The molecule has 0 saturated carbocycles. The Morgan fingerprint density at radius 1 is 1.55 bits per heavy atom. The molecule has 0 aliphatic rings. The molecule has 0 aromatic carbocycles. The van der Waals surface area contributed by atoms with Crippen molar-refractivity contribution in [1.82, 2.24) is 9.97 Å². The predicted molar refractivity (Wildman–Crippen MR) is 42.3 cm³/mol. The summed E-state index contributed by atoms with van der Waals surface area (Å²) in [5.74, 6) is 0.411. The van der Waals surface area contributed by atoms with Gasteiger partial charge in [0, 0.05) is 6.21 Å². The lowest BCUT2D eigenvalue weighted by Crippen LogP contribution is -1.91. The van der Waals surface area contributed by atoms with Crippen molar-refractivity contribution in [2.45, 2.75) is 0 Å². The average molecular weight is 149 g/mol. The zero-order valence-corrected chi connectivity index (χ0v) is 5.73. The van der Waals surface area contributed by atoms with Crippen LogP contribution in [0.4, 0.5) is 5.82 Å². The van der Waals surface area contributed by atoms with E-state index in [9.17, 15) is 0 Å². The third kappa shape index (κ3) is 1.82. The number of aliphatic imine (C=N–C) groups is 1. The van der Waals surface area contributed by atoms with Gasteiger partial charge in [0.2, 0.25) is 0 Å². The van der Waals surface area contributed by atoms with Crippen molar-refractivity contribution in [2.24, 2.45) is 10.7 Å². The lowest BCUT2D eigenvalue weighted by molar-refractivity contribution is 1.16. The molecule has 5 nitrogen and oxygen atoms in total. The Labute approximate surface area is 63.5 Å². The van der Waals surface area contributed by atoms with Crippen molar-refractivity contribution in [1.29, 1.82) is 5.41 Å². The molecule has 1 rings (SSSR count). The highest BCUT2D eigenvalue weighted by Gasteiger charge is 1.91. The SMILES string of the molecule is N=Cc1cncc(N=CN)n1. The van der Waals surface area contributed by atoms with Crippen LogP contribution in [0.2, 0.25) is 0 Å².